The molecule has 1 aliphatic rings. The lowest BCUT2D eigenvalue weighted by Crippen LogP contribution is -2.33. The van der Waals surface area contributed by atoms with Gasteiger partial charge in [-0.25, -0.2) is 9.18 Å². The zero-order valence-electron chi connectivity index (χ0n) is 16.5. The van der Waals surface area contributed by atoms with Crippen LogP contribution in [0.4, 0.5) is 14.9 Å². The van der Waals surface area contributed by atoms with Crippen molar-refractivity contribution in [2.75, 3.05) is 25.6 Å². The molecule has 0 aliphatic carbocycles. The van der Waals surface area contributed by atoms with E-state index in [1.165, 1.54) is 17.7 Å². The molecule has 2 heterocycles. The van der Waals surface area contributed by atoms with E-state index in [1.54, 1.807) is 37.4 Å². The second-order valence-electron chi connectivity index (χ2n) is 6.46. The smallest absolute Gasteiger partial charge is 0.437 e. The minimum absolute atomic E-state index is 0.120. The number of rotatable bonds is 6. The molecule has 1 N–H and O–H groups in total. The predicted octanol–water partition coefficient (Wildman–Crippen LogP) is 3.60. The summed E-state index contributed by atoms with van der Waals surface area (Å²) < 4.78 is 31.5. The molecule has 7 nitrogen and oxygen atoms in total. The first-order valence-corrected chi connectivity index (χ1v) is 9.27. The van der Waals surface area contributed by atoms with Crippen LogP contribution in [0.25, 0.3) is 0 Å². The van der Waals surface area contributed by atoms with Gasteiger partial charge in [0.15, 0.2) is 0 Å². The Morgan fingerprint density at radius 1 is 1.28 bits per heavy atom. The fourth-order valence-electron chi connectivity index (χ4n) is 3.35. The standard InChI is InChI=1S/C21H23FN2O5/c1-4-28-12-11-24-10-9-16-18(20(24)25)17(14-7-5-6-8-15(14)22)19(13(2)23-16)29-21(26)27-3/h5-10,17,23H,4,11-12H2,1-3H3. The fraction of sp³-hybridized carbons (Fsp3) is 0.333. The number of hydrogen-bond acceptors (Lipinski definition) is 6. The van der Waals surface area contributed by atoms with Crippen molar-refractivity contribution < 1.29 is 23.4 Å². The zero-order chi connectivity index (χ0) is 21.0. The van der Waals surface area contributed by atoms with Crippen LogP contribution >= 0.6 is 0 Å². The van der Waals surface area contributed by atoms with Crippen molar-refractivity contribution in [2.45, 2.75) is 26.3 Å². The fourth-order valence-corrected chi connectivity index (χ4v) is 3.35. The predicted molar refractivity (Wildman–Crippen MR) is 105 cm³/mol. The van der Waals surface area contributed by atoms with Crippen LogP contribution in [0.1, 0.15) is 30.9 Å². The van der Waals surface area contributed by atoms with Gasteiger partial charge in [0.1, 0.15) is 11.6 Å². The third-order valence-electron chi connectivity index (χ3n) is 4.70. The molecule has 2 aromatic rings. The quantitative estimate of drug-likeness (QED) is 0.588. The molecule has 29 heavy (non-hydrogen) atoms. The highest BCUT2D eigenvalue weighted by Gasteiger charge is 2.35. The molecule has 1 unspecified atom stereocenters. The molecule has 0 amide bonds. The van der Waals surface area contributed by atoms with Gasteiger partial charge in [0.2, 0.25) is 0 Å². The van der Waals surface area contributed by atoms with E-state index in [2.05, 4.69) is 10.1 Å². The lowest BCUT2D eigenvalue weighted by Gasteiger charge is -2.30. The Morgan fingerprint density at radius 2 is 2.03 bits per heavy atom. The first kappa shape index (κ1) is 20.6. The lowest BCUT2D eigenvalue weighted by atomic mass is 9.85. The van der Waals surface area contributed by atoms with Gasteiger partial charge in [-0.3, -0.25) is 4.79 Å². The highest BCUT2D eigenvalue weighted by Crippen LogP contribution is 2.41. The van der Waals surface area contributed by atoms with E-state index >= 15 is 0 Å². The molecule has 0 saturated carbocycles. The number of allylic oxidation sites excluding steroid dienone is 2. The second-order valence-corrected chi connectivity index (χ2v) is 6.46. The molecule has 0 bridgehead atoms. The number of hydrogen-bond donors (Lipinski definition) is 1. The maximum absolute atomic E-state index is 14.7. The minimum Gasteiger partial charge on any atom is -0.437 e. The number of anilines is 1. The van der Waals surface area contributed by atoms with Crippen LogP contribution in [0.15, 0.2) is 52.8 Å². The Morgan fingerprint density at radius 3 is 2.72 bits per heavy atom. The van der Waals surface area contributed by atoms with Gasteiger partial charge in [-0.2, -0.15) is 0 Å². The third kappa shape index (κ3) is 4.17. The van der Waals surface area contributed by atoms with E-state index in [9.17, 15) is 14.0 Å². The van der Waals surface area contributed by atoms with Crippen LogP contribution < -0.4 is 10.9 Å². The van der Waals surface area contributed by atoms with Crippen LogP contribution in [0.3, 0.4) is 0 Å². The van der Waals surface area contributed by atoms with Gasteiger partial charge in [-0.15, -0.1) is 0 Å². The van der Waals surface area contributed by atoms with Crippen molar-refractivity contribution in [3.8, 4) is 0 Å². The molecule has 0 spiro atoms. The van der Waals surface area contributed by atoms with Crippen molar-refractivity contribution in [2.24, 2.45) is 0 Å². The van der Waals surface area contributed by atoms with Crippen LogP contribution in [-0.2, 0) is 20.8 Å². The van der Waals surface area contributed by atoms with E-state index in [4.69, 9.17) is 9.47 Å². The number of halogens is 1. The van der Waals surface area contributed by atoms with Gasteiger partial charge in [-0.05, 0) is 26.0 Å². The van der Waals surface area contributed by atoms with E-state index in [0.717, 1.165) is 0 Å². The average molecular weight is 402 g/mol. The Bertz CT molecular complexity index is 999. The van der Waals surface area contributed by atoms with Crippen molar-refractivity contribution in [1.29, 1.82) is 0 Å². The maximum atomic E-state index is 14.7. The highest BCUT2D eigenvalue weighted by atomic mass is 19.1. The van der Waals surface area contributed by atoms with Crippen LogP contribution in [0.2, 0.25) is 0 Å². The summed E-state index contributed by atoms with van der Waals surface area (Å²) in [5.74, 6) is -1.29. The number of aromatic nitrogens is 1. The molecule has 154 valence electrons. The summed E-state index contributed by atoms with van der Waals surface area (Å²) in [7, 11) is 1.18. The number of pyridine rings is 1. The number of nitrogens with zero attached hydrogens (tertiary/aromatic N) is 1. The van der Waals surface area contributed by atoms with Crippen molar-refractivity contribution >= 4 is 11.8 Å². The monoisotopic (exact) mass is 402 g/mol. The van der Waals surface area contributed by atoms with Crippen molar-refractivity contribution in [3.63, 3.8) is 0 Å². The maximum Gasteiger partial charge on any atom is 0.513 e. The van der Waals surface area contributed by atoms with Crippen LogP contribution in [0.5, 0.6) is 0 Å². The topological polar surface area (TPSA) is 78.8 Å². The van der Waals surface area contributed by atoms with Gasteiger partial charge in [0.05, 0.1) is 30.9 Å². The zero-order valence-corrected chi connectivity index (χ0v) is 16.5. The van der Waals surface area contributed by atoms with Crippen LogP contribution in [0, 0.1) is 5.82 Å². The third-order valence-corrected chi connectivity index (χ3v) is 4.70. The first-order chi connectivity index (χ1) is 14.0. The molecule has 0 fully saturated rings. The van der Waals surface area contributed by atoms with Gasteiger partial charge in [-0.1, -0.05) is 18.2 Å². The minimum atomic E-state index is -0.946. The van der Waals surface area contributed by atoms with E-state index in [-0.39, 0.29) is 16.9 Å². The second kappa shape index (κ2) is 8.91. The number of fused-ring (bicyclic) bond motifs is 1. The number of ether oxygens (including phenoxy) is 3. The molecule has 1 aromatic heterocycles. The summed E-state index contributed by atoms with van der Waals surface area (Å²) in [5.41, 5.74) is 1.22. The normalized spacial score (nSPS) is 15.5. The molecule has 3 rings (SSSR count). The number of benzene rings is 1. The summed E-state index contributed by atoms with van der Waals surface area (Å²) in [6, 6.07) is 7.85. The number of carbonyl (C=O) groups is 1. The molecule has 0 radical (unpaired) electrons. The number of methoxy groups -OCH3 is 1. The number of carbonyl (C=O) groups excluding carboxylic acids is 1. The van der Waals surface area contributed by atoms with Gasteiger partial charge in [0, 0.05) is 30.6 Å². The van der Waals surface area contributed by atoms with Crippen molar-refractivity contribution in [1.82, 2.24) is 4.57 Å². The van der Waals surface area contributed by atoms with Gasteiger partial charge >= 0.3 is 6.16 Å². The molecular formula is C21H23FN2O5. The highest BCUT2D eigenvalue weighted by molar-refractivity contribution is 5.67. The van der Waals surface area contributed by atoms with Crippen molar-refractivity contribution in [3.05, 3.63) is 75.3 Å². The molecule has 1 aromatic carbocycles. The lowest BCUT2D eigenvalue weighted by molar-refractivity contribution is 0.0927. The Kier molecular flexibility index (Phi) is 6.33. The molecule has 0 saturated heterocycles. The molecule has 1 aliphatic heterocycles. The van der Waals surface area contributed by atoms with Gasteiger partial charge in [0.25, 0.3) is 5.56 Å². The van der Waals surface area contributed by atoms with Gasteiger partial charge < -0.3 is 24.1 Å². The van der Waals surface area contributed by atoms with E-state index < -0.39 is 17.9 Å². The van der Waals surface area contributed by atoms with E-state index in [0.29, 0.717) is 36.7 Å². The SMILES string of the molecule is CCOCCn1ccc2c(c1=O)C(c1ccccc1F)C(OC(=O)OC)=C(C)N2. The summed E-state index contributed by atoms with van der Waals surface area (Å²) in [6.07, 6.45) is 0.712. The summed E-state index contributed by atoms with van der Waals surface area (Å²) >= 11 is 0. The molecular weight excluding hydrogens is 379 g/mol. The first-order valence-electron chi connectivity index (χ1n) is 9.27. The molecule has 1 atom stereocenters. The Labute approximate surface area is 167 Å². The summed E-state index contributed by atoms with van der Waals surface area (Å²) in [6.45, 7) is 4.82. The largest absolute Gasteiger partial charge is 0.513 e. The van der Waals surface area contributed by atoms with Crippen LogP contribution in [-0.4, -0.2) is 31.0 Å². The number of nitrogens with one attached hydrogen (secondary N) is 1. The summed E-state index contributed by atoms with van der Waals surface area (Å²) in [5, 5.41) is 3.07. The van der Waals surface area contributed by atoms with E-state index in [1.807, 2.05) is 6.92 Å². The Hall–Kier alpha value is -3.13. The Balaban J connectivity index is 2.17. The summed E-state index contributed by atoms with van der Waals surface area (Å²) in [4.78, 5) is 25.1. The molecule has 8 heteroatoms. The average Bonchev–Trinajstić information content (AvgIpc) is 2.71.